The van der Waals surface area contributed by atoms with Crippen molar-refractivity contribution in [2.24, 2.45) is 7.05 Å². The number of rotatable bonds is 4. The van der Waals surface area contributed by atoms with E-state index in [1.165, 1.54) is 18.5 Å². The Labute approximate surface area is 131 Å². The lowest BCUT2D eigenvalue weighted by molar-refractivity contribution is 0.270. The number of likely N-dealkylation sites (tertiary alicyclic amines) is 1. The molecule has 118 valence electrons. The van der Waals surface area contributed by atoms with Crippen molar-refractivity contribution >= 4 is 11.5 Å². The van der Waals surface area contributed by atoms with Crippen LogP contribution in [0.1, 0.15) is 25.0 Å². The number of hydrogen-bond acceptors (Lipinski definition) is 5. The zero-order valence-electron chi connectivity index (χ0n) is 13.1. The molecule has 0 aromatic carbocycles. The summed E-state index contributed by atoms with van der Waals surface area (Å²) in [5, 5.41) is 3.58. The number of aryl methyl sites for hydroxylation is 1. The highest BCUT2D eigenvalue weighted by Crippen LogP contribution is 2.18. The van der Waals surface area contributed by atoms with Crippen LogP contribution in [0.15, 0.2) is 30.9 Å². The third kappa shape index (κ3) is 3.76. The lowest BCUT2D eigenvalue weighted by Gasteiger charge is -2.20. The van der Waals surface area contributed by atoms with E-state index in [-0.39, 0.29) is 0 Å². The molecule has 0 spiro atoms. The summed E-state index contributed by atoms with van der Waals surface area (Å²) < 4.78 is 2.10. The largest absolute Gasteiger partial charge is 0.384 e. The molecule has 1 aliphatic rings. The molecule has 0 saturated carbocycles. The molecule has 0 radical (unpaired) electrons. The highest BCUT2D eigenvalue weighted by atomic mass is 15.2. The molecule has 22 heavy (non-hydrogen) atoms. The molecule has 1 fully saturated rings. The van der Waals surface area contributed by atoms with Crippen LogP contribution in [-0.4, -0.2) is 38.6 Å². The molecule has 0 aliphatic carbocycles. The first kappa shape index (κ1) is 14.8. The third-order valence-electron chi connectivity index (χ3n) is 4.28. The van der Waals surface area contributed by atoms with E-state index in [1.54, 1.807) is 0 Å². The number of anilines is 2. The molecule has 1 saturated heterocycles. The molecular weight excluding hydrogens is 276 g/mol. The van der Waals surface area contributed by atoms with E-state index in [4.69, 9.17) is 5.73 Å². The van der Waals surface area contributed by atoms with Gasteiger partial charge in [0.2, 0.25) is 0 Å². The Bertz CT molecular complexity index is 591. The lowest BCUT2D eigenvalue weighted by atomic mass is 10.1. The zero-order valence-corrected chi connectivity index (χ0v) is 13.1. The Morgan fingerprint density at radius 2 is 2.18 bits per heavy atom. The topological polar surface area (TPSA) is 72.0 Å². The Kier molecular flexibility index (Phi) is 4.58. The SMILES string of the molecule is Cn1cncc1CN1CCC[C@@H](Nc2ccc(N)nc2)CC1. The molecule has 2 aromatic rings. The van der Waals surface area contributed by atoms with Crippen LogP contribution in [0.5, 0.6) is 0 Å². The number of hydrogen-bond donors (Lipinski definition) is 2. The van der Waals surface area contributed by atoms with Crippen molar-refractivity contribution in [3.63, 3.8) is 0 Å². The van der Waals surface area contributed by atoms with Gasteiger partial charge in [-0.3, -0.25) is 4.90 Å². The van der Waals surface area contributed by atoms with Crippen LogP contribution in [0.2, 0.25) is 0 Å². The van der Waals surface area contributed by atoms with Gasteiger partial charge in [0.1, 0.15) is 5.82 Å². The van der Waals surface area contributed by atoms with Crippen LogP contribution in [0, 0.1) is 0 Å². The van der Waals surface area contributed by atoms with Crippen molar-refractivity contribution in [1.82, 2.24) is 19.4 Å². The maximum atomic E-state index is 5.63. The highest BCUT2D eigenvalue weighted by molar-refractivity contribution is 5.45. The summed E-state index contributed by atoms with van der Waals surface area (Å²) in [7, 11) is 2.05. The quantitative estimate of drug-likeness (QED) is 0.902. The van der Waals surface area contributed by atoms with Gasteiger partial charge in [0.25, 0.3) is 0 Å². The van der Waals surface area contributed by atoms with Crippen LogP contribution in [0.25, 0.3) is 0 Å². The monoisotopic (exact) mass is 300 g/mol. The first-order valence-corrected chi connectivity index (χ1v) is 7.86. The van der Waals surface area contributed by atoms with Crippen LogP contribution in [0.3, 0.4) is 0 Å². The number of aromatic nitrogens is 3. The van der Waals surface area contributed by atoms with E-state index in [2.05, 4.69) is 31.8 Å². The second-order valence-corrected chi connectivity index (χ2v) is 6.02. The Morgan fingerprint density at radius 3 is 2.91 bits per heavy atom. The molecule has 3 heterocycles. The molecule has 6 heteroatoms. The number of nitrogen functional groups attached to an aromatic ring is 1. The molecule has 1 atom stereocenters. The molecule has 3 rings (SSSR count). The molecule has 0 bridgehead atoms. The standard InChI is InChI=1S/C16H24N6/c1-21-12-18-10-15(21)11-22-7-2-3-13(6-8-22)20-14-4-5-16(17)19-9-14/h4-5,9-10,12-13,20H,2-3,6-8,11H2,1H3,(H2,17,19)/t13-/m1/s1. The molecule has 6 nitrogen and oxygen atoms in total. The van der Waals surface area contributed by atoms with Gasteiger partial charge in [-0.15, -0.1) is 0 Å². The van der Waals surface area contributed by atoms with Gasteiger partial charge < -0.3 is 15.6 Å². The minimum absolute atomic E-state index is 0.502. The minimum Gasteiger partial charge on any atom is -0.384 e. The van der Waals surface area contributed by atoms with E-state index in [0.717, 1.165) is 31.7 Å². The number of imidazole rings is 1. The number of pyridine rings is 1. The second-order valence-electron chi connectivity index (χ2n) is 6.02. The van der Waals surface area contributed by atoms with E-state index in [1.807, 2.05) is 30.9 Å². The Hall–Kier alpha value is -2.08. The highest BCUT2D eigenvalue weighted by Gasteiger charge is 2.17. The molecule has 2 aromatic heterocycles. The fourth-order valence-electron chi connectivity index (χ4n) is 2.95. The Morgan fingerprint density at radius 1 is 1.27 bits per heavy atom. The maximum absolute atomic E-state index is 5.63. The van der Waals surface area contributed by atoms with E-state index >= 15 is 0 Å². The van der Waals surface area contributed by atoms with Crippen molar-refractivity contribution in [2.75, 3.05) is 24.1 Å². The second kappa shape index (κ2) is 6.79. The summed E-state index contributed by atoms with van der Waals surface area (Å²) in [6, 6.07) is 4.34. The smallest absolute Gasteiger partial charge is 0.123 e. The van der Waals surface area contributed by atoms with Crippen LogP contribution >= 0.6 is 0 Å². The summed E-state index contributed by atoms with van der Waals surface area (Å²) in [5.41, 5.74) is 7.95. The van der Waals surface area contributed by atoms with Gasteiger partial charge in [-0.1, -0.05) is 0 Å². The predicted octanol–water partition coefficient (Wildman–Crippen LogP) is 1.86. The van der Waals surface area contributed by atoms with Crippen LogP contribution < -0.4 is 11.1 Å². The van der Waals surface area contributed by atoms with E-state index < -0.39 is 0 Å². The van der Waals surface area contributed by atoms with Gasteiger partial charge in [-0.05, 0) is 37.9 Å². The molecule has 0 unspecified atom stereocenters. The fourth-order valence-corrected chi connectivity index (χ4v) is 2.95. The zero-order chi connectivity index (χ0) is 15.4. The van der Waals surface area contributed by atoms with Crippen molar-refractivity contribution < 1.29 is 0 Å². The number of nitrogens with zero attached hydrogens (tertiary/aromatic N) is 4. The summed E-state index contributed by atoms with van der Waals surface area (Å²) in [6.07, 6.45) is 9.17. The molecule has 1 aliphatic heterocycles. The maximum Gasteiger partial charge on any atom is 0.123 e. The van der Waals surface area contributed by atoms with E-state index in [0.29, 0.717) is 11.9 Å². The summed E-state index contributed by atoms with van der Waals surface area (Å²) in [5.74, 6) is 0.564. The van der Waals surface area contributed by atoms with Gasteiger partial charge in [-0.25, -0.2) is 9.97 Å². The van der Waals surface area contributed by atoms with Crippen molar-refractivity contribution in [1.29, 1.82) is 0 Å². The first-order valence-electron chi connectivity index (χ1n) is 7.86. The fraction of sp³-hybridized carbons (Fsp3) is 0.500. The molecular formula is C16H24N6. The number of nitrogens with one attached hydrogen (secondary N) is 1. The Balaban J connectivity index is 1.53. The summed E-state index contributed by atoms with van der Waals surface area (Å²) in [4.78, 5) is 10.8. The molecule has 0 amide bonds. The summed E-state index contributed by atoms with van der Waals surface area (Å²) in [6.45, 7) is 3.22. The van der Waals surface area contributed by atoms with Gasteiger partial charge in [0.15, 0.2) is 0 Å². The van der Waals surface area contributed by atoms with Crippen LogP contribution in [0.4, 0.5) is 11.5 Å². The van der Waals surface area contributed by atoms with E-state index in [9.17, 15) is 0 Å². The lowest BCUT2D eigenvalue weighted by Crippen LogP contribution is -2.26. The first-order chi connectivity index (χ1) is 10.7. The average molecular weight is 300 g/mol. The van der Waals surface area contributed by atoms with Crippen molar-refractivity contribution in [3.05, 3.63) is 36.5 Å². The van der Waals surface area contributed by atoms with Crippen LogP contribution in [-0.2, 0) is 13.6 Å². The number of nitrogens with two attached hydrogens (primary N) is 1. The summed E-state index contributed by atoms with van der Waals surface area (Å²) >= 11 is 0. The van der Waals surface area contributed by atoms with Gasteiger partial charge in [0, 0.05) is 32.4 Å². The predicted molar refractivity (Wildman–Crippen MR) is 88.4 cm³/mol. The van der Waals surface area contributed by atoms with Crippen molar-refractivity contribution in [3.8, 4) is 0 Å². The van der Waals surface area contributed by atoms with Gasteiger partial charge in [-0.2, -0.15) is 0 Å². The third-order valence-corrected chi connectivity index (χ3v) is 4.28. The average Bonchev–Trinajstić information content (AvgIpc) is 2.78. The normalized spacial score (nSPS) is 19.8. The molecule has 3 N–H and O–H groups in total. The minimum atomic E-state index is 0.502. The van der Waals surface area contributed by atoms with Gasteiger partial charge in [0.05, 0.1) is 23.9 Å². The van der Waals surface area contributed by atoms with Gasteiger partial charge >= 0.3 is 0 Å². The van der Waals surface area contributed by atoms with Crippen molar-refractivity contribution in [2.45, 2.75) is 31.8 Å².